The van der Waals surface area contributed by atoms with E-state index in [0.717, 1.165) is 0 Å². The first-order chi connectivity index (χ1) is 9.83. The van der Waals surface area contributed by atoms with Crippen LogP contribution in [-0.4, -0.2) is 56.2 Å². The van der Waals surface area contributed by atoms with Gasteiger partial charge >= 0.3 is 17.9 Å². The highest BCUT2D eigenvalue weighted by molar-refractivity contribution is 5.67. The molecule has 0 radical (unpaired) electrons. The van der Waals surface area contributed by atoms with Crippen molar-refractivity contribution in [1.82, 2.24) is 0 Å². The van der Waals surface area contributed by atoms with E-state index in [2.05, 4.69) is 0 Å². The van der Waals surface area contributed by atoms with Crippen molar-refractivity contribution in [2.45, 2.75) is 38.9 Å². The van der Waals surface area contributed by atoms with Crippen LogP contribution in [-0.2, 0) is 38.1 Å². The Morgan fingerprint density at radius 1 is 1.10 bits per heavy atom. The fourth-order valence-electron chi connectivity index (χ4n) is 1.92. The summed E-state index contributed by atoms with van der Waals surface area (Å²) in [5.74, 6) is -1.44. The molecule has 1 fully saturated rings. The van der Waals surface area contributed by atoms with E-state index in [0.29, 0.717) is 0 Å². The van der Waals surface area contributed by atoms with Crippen molar-refractivity contribution in [3.8, 4) is 0 Å². The van der Waals surface area contributed by atoms with Crippen molar-refractivity contribution >= 4 is 17.9 Å². The largest absolute Gasteiger partial charge is 0.463 e. The van der Waals surface area contributed by atoms with Gasteiger partial charge in [-0.2, -0.15) is 0 Å². The maximum absolute atomic E-state index is 11.1. The van der Waals surface area contributed by atoms with Gasteiger partial charge in [0.2, 0.25) is 0 Å². The lowest BCUT2D eigenvalue weighted by Gasteiger charge is -2.29. The van der Waals surface area contributed by atoms with Gasteiger partial charge in [0.25, 0.3) is 0 Å². The van der Waals surface area contributed by atoms with E-state index < -0.39 is 29.6 Å². The highest BCUT2D eigenvalue weighted by Crippen LogP contribution is 2.26. The Morgan fingerprint density at radius 2 is 1.76 bits per heavy atom. The minimum absolute atomic E-state index is 0.0276. The molecular weight excluding hydrogens is 284 g/mol. The molecule has 0 unspecified atom stereocenters. The Bertz CT molecular complexity index is 386. The van der Waals surface area contributed by atoms with Crippen LogP contribution in [0.1, 0.15) is 27.2 Å². The third kappa shape index (κ3) is 6.54. The summed E-state index contributed by atoms with van der Waals surface area (Å²) >= 11 is 0. The summed E-state index contributed by atoms with van der Waals surface area (Å²) in [4.78, 5) is 32.9. The second-order valence-electron chi connectivity index (χ2n) is 4.81. The zero-order chi connectivity index (χ0) is 15.9. The first kappa shape index (κ1) is 17.4. The fraction of sp³-hybridized carbons (Fsp3) is 0.769. The molecular formula is C13H20O8. The highest BCUT2D eigenvalue weighted by atomic mass is 16.7. The number of hydrogen-bond donors (Lipinski definition) is 0. The van der Waals surface area contributed by atoms with Crippen molar-refractivity contribution in [2.24, 2.45) is 0 Å². The molecule has 0 aromatic heterocycles. The summed E-state index contributed by atoms with van der Waals surface area (Å²) < 4.78 is 25.6. The summed E-state index contributed by atoms with van der Waals surface area (Å²) in [5.41, 5.74) is -0.911. The molecule has 8 nitrogen and oxygen atoms in total. The van der Waals surface area contributed by atoms with Gasteiger partial charge in [0.15, 0.2) is 0 Å². The van der Waals surface area contributed by atoms with Gasteiger partial charge in [0.05, 0.1) is 6.61 Å². The SMILES string of the molecule is CC(=O)OC[C@H](C[C@]1(COC(C)=O)COCO1)OC(C)=O. The zero-order valence-corrected chi connectivity index (χ0v) is 12.4. The summed E-state index contributed by atoms with van der Waals surface area (Å²) in [6.45, 7) is 3.92. The van der Waals surface area contributed by atoms with Crippen molar-refractivity contribution < 1.29 is 38.1 Å². The van der Waals surface area contributed by atoms with Crippen molar-refractivity contribution in [1.29, 1.82) is 0 Å². The minimum atomic E-state index is -0.911. The number of rotatable bonds is 7. The Morgan fingerprint density at radius 3 is 2.24 bits per heavy atom. The molecule has 1 aliphatic heterocycles. The van der Waals surface area contributed by atoms with Crippen molar-refractivity contribution in [3.63, 3.8) is 0 Å². The van der Waals surface area contributed by atoms with Crippen LogP contribution in [0.25, 0.3) is 0 Å². The van der Waals surface area contributed by atoms with Crippen molar-refractivity contribution in [3.05, 3.63) is 0 Å². The van der Waals surface area contributed by atoms with Crippen LogP contribution in [0, 0.1) is 0 Å². The molecule has 8 heteroatoms. The van der Waals surface area contributed by atoms with Crippen LogP contribution < -0.4 is 0 Å². The predicted molar refractivity (Wildman–Crippen MR) is 68.1 cm³/mol. The van der Waals surface area contributed by atoms with Crippen molar-refractivity contribution in [2.75, 3.05) is 26.6 Å². The minimum Gasteiger partial charge on any atom is -0.463 e. The topological polar surface area (TPSA) is 97.4 Å². The van der Waals surface area contributed by atoms with E-state index >= 15 is 0 Å². The lowest BCUT2D eigenvalue weighted by Crippen LogP contribution is -2.43. The molecule has 1 saturated heterocycles. The van der Waals surface area contributed by atoms with Gasteiger partial charge in [-0.1, -0.05) is 0 Å². The third-order valence-corrected chi connectivity index (χ3v) is 2.76. The standard InChI is InChI=1S/C13H20O8/c1-9(14)18-5-12(21-11(3)16)4-13(6-17-8-20-13)7-19-10(2)15/h12H,4-8H2,1-3H3/t12-,13+/m0/s1. The molecule has 21 heavy (non-hydrogen) atoms. The second-order valence-corrected chi connectivity index (χ2v) is 4.81. The number of hydrogen-bond acceptors (Lipinski definition) is 8. The van der Waals surface area contributed by atoms with Gasteiger partial charge in [-0.3, -0.25) is 14.4 Å². The fourth-order valence-corrected chi connectivity index (χ4v) is 1.92. The van der Waals surface area contributed by atoms with Crippen LogP contribution in [0.15, 0.2) is 0 Å². The van der Waals surface area contributed by atoms with E-state index in [9.17, 15) is 14.4 Å². The first-order valence-electron chi connectivity index (χ1n) is 6.49. The number of ether oxygens (including phenoxy) is 5. The van der Waals surface area contributed by atoms with E-state index in [1.807, 2.05) is 0 Å². The van der Waals surface area contributed by atoms with E-state index in [4.69, 9.17) is 23.7 Å². The molecule has 0 aromatic carbocycles. The summed E-state index contributed by atoms with van der Waals surface area (Å²) in [5, 5.41) is 0. The molecule has 0 aliphatic carbocycles. The maximum atomic E-state index is 11.1. The molecule has 0 spiro atoms. The quantitative estimate of drug-likeness (QED) is 0.485. The summed E-state index contributed by atoms with van der Waals surface area (Å²) in [6, 6.07) is 0. The van der Waals surface area contributed by atoms with Gasteiger partial charge in [-0.05, 0) is 0 Å². The first-order valence-corrected chi connectivity index (χ1v) is 6.49. The average Bonchev–Trinajstić information content (AvgIpc) is 2.82. The van der Waals surface area contributed by atoms with Crippen LogP contribution >= 0.6 is 0 Å². The lowest BCUT2D eigenvalue weighted by molar-refractivity contribution is -0.165. The molecule has 0 bridgehead atoms. The van der Waals surface area contributed by atoms with E-state index in [1.54, 1.807) is 0 Å². The molecule has 120 valence electrons. The van der Waals surface area contributed by atoms with Crippen LogP contribution in [0.3, 0.4) is 0 Å². The van der Waals surface area contributed by atoms with E-state index in [1.165, 1.54) is 20.8 Å². The van der Waals surface area contributed by atoms with Gasteiger partial charge in [-0.25, -0.2) is 0 Å². The molecule has 1 rings (SSSR count). The van der Waals surface area contributed by atoms with Gasteiger partial charge in [0, 0.05) is 27.2 Å². The molecule has 0 saturated carbocycles. The van der Waals surface area contributed by atoms with Gasteiger partial charge in [-0.15, -0.1) is 0 Å². The van der Waals surface area contributed by atoms with Crippen LogP contribution in [0.2, 0.25) is 0 Å². The molecule has 0 amide bonds. The number of carbonyl (C=O) groups is 3. The normalized spacial score (nSPS) is 22.4. The summed E-state index contributed by atoms with van der Waals surface area (Å²) in [7, 11) is 0. The van der Waals surface area contributed by atoms with Crippen LogP contribution in [0.4, 0.5) is 0 Å². The molecule has 1 heterocycles. The van der Waals surface area contributed by atoms with Gasteiger partial charge < -0.3 is 23.7 Å². The molecule has 1 aliphatic rings. The monoisotopic (exact) mass is 304 g/mol. The number of esters is 3. The third-order valence-electron chi connectivity index (χ3n) is 2.76. The molecule has 2 atom stereocenters. The van der Waals surface area contributed by atoms with Gasteiger partial charge in [0.1, 0.15) is 31.7 Å². The molecule has 0 N–H and O–H groups in total. The number of carbonyl (C=O) groups excluding carboxylic acids is 3. The predicted octanol–water partition coefficient (Wildman–Crippen LogP) is 0.177. The lowest BCUT2D eigenvalue weighted by atomic mass is 9.98. The molecule has 0 aromatic rings. The Hall–Kier alpha value is -1.67. The highest BCUT2D eigenvalue weighted by Gasteiger charge is 2.41. The Balaban J connectivity index is 2.67. The van der Waals surface area contributed by atoms with E-state index in [-0.39, 0.29) is 33.0 Å². The van der Waals surface area contributed by atoms with Crippen LogP contribution in [0.5, 0.6) is 0 Å². The average molecular weight is 304 g/mol. The smallest absolute Gasteiger partial charge is 0.303 e. The Kier molecular flexibility index (Phi) is 6.57. The second kappa shape index (κ2) is 7.94. The maximum Gasteiger partial charge on any atom is 0.303 e. The Labute approximate surface area is 122 Å². The zero-order valence-electron chi connectivity index (χ0n) is 12.4. The summed E-state index contributed by atoms with van der Waals surface area (Å²) in [6.07, 6.45) is -0.517.